The molecule has 0 saturated heterocycles. The van der Waals surface area contributed by atoms with E-state index in [2.05, 4.69) is 0 Å². The molecular weight excluding hydrogens is 158 g/mol. The zero-order valence-corrected chi connectivity index (χ0v) is 6.21. The number of hydrogen-bond donors (Lipinski definition) is 3. The second-order valence-electron chi connectivity index (χ2n) is 2.02. The summed E-state index contributed by atoms with van der Waals surface area (Å²) in [5.41, 5.74) is 5.15. The molecule has 0 aromatic carbocycles. The Morgan fingerprint density at radius 2 is 2.00 bits per heavy atom. The minimum atomic E-state index is -3.92. The Bertz CT molecular complexity index is 176. The molecule has 0 saturated carbocycles. The van der Waals surface area contributed by atoms with E-state index in [4.69, 9.17) is 15.4 Å². The molecule has 1 atom stereocenters. The molecule has 0 fully saturated rings. The summed E-state index contributed by atoms with van der Waals surface area (Å²) in [7, 11) is -3.92. The third kappa shape index (κ3) is 5.96. The van der Waals surface area contributed by atoms with Crippen molar-refractivity contribution >= 4 is 10.1 Å². The van der Waals surface area contributed by atoms with E-state index in [1.54, 1.807) is 0 Å². The van der Waals surface area contributed by atoms with E-state index in [-0.39, 0.29) is 13.0 Å². The topological polar surface area (TPSA) is 101 Å². The smallest absolute Gasteiger partial charge is 0.264 e. The molecule has 0 radical (unpaired) electrons. The van der Waals surface area contributed by atoms with Crippen molar-refractivity contribution in [3.8, 4) is 0 Å². The second kappa shape index (κ2) is 3.87. The van der Waals surface area contributed by atoms with Crippen LogP contribution in [-0.2, 0) is 10.1 Å². The number of nitrogens with two attached hydrogens (primary N) is 1. The summed E-state index contributed by atoms with van der Waals surface area (Å²) < 4.78 is 28.3. The van der Waals surface area contributed by atoms with Crippen LogP contribution in [0.2, 0.25) is 0 Å². The summed E-state index contributed by atoms with van der Waals surface area (Å²) >= 11 is 0. The van der Waals surface area contributed by atoms with Gasteiger partial charge in [0.05, 0.1) is 12.4 Å². The SMILES string of the molecule is NC(CO)CCS(=O)(=O)O. The third-order valence-corrected chi connectivity index (χ3v) is 1.73. The van der Waals surface area contributed by atoms with Crippen molar-refractivity contribution in [1.82, 2.24) is 0 Å². The molecule has 0 rings (SSSR count). The average molecular weight is 169 g/mol. The predicted octanol–water partition coefficient (Wildman–Crippen LogP) is -1.42. The highest BCUT2D eigenvalue weighted by Crippen LogP contribution is 1.91. The van der Waals surface area contributed by atoms with Crippen LogP contribution in [0.3, 0.4) is 0 Å². The van der Waals surface area contributed by atoms with E-state index in [1.165, 1.54) is 0 Å². The van der Waals surface area contributed by atoms with Gasteiger partial charge in [0.25, 0.3) is 10.1 Å². The zero-order chi connectivity index (χ0) is 8.20. The first-order valence-electron chi connectivity index (χ1n) is 2.77. The molecule has 0 spiro atoms. The standard InChI is InChI=1S/C4H11NO4S/c5-4(3-6)1-2-10(7,8)9/h4,6H,1-3,5H2,(H,7,8,9). The molecule has 1 unspecified atom stereocenters. The molecule has 0 bridgehead atoms. The predicted molar refractivity (Wildman–Crippen MR) is 36.1 cm³/mol. The van der Waals surface area contributed by atoms with Gasteiger partial charge in [-0.15, -0.1) is 0 Å². The van der Waals surface area contributed by atoms with Gasteiger partial charge >= 0.3 is 0 Å². The van der Waals surface area contributed by atoms with Gasteiger partial charge in [0.1, 0.15) is 0 Å². The molecule has 6 heteroatoms. The number of rotatable bonds is 4. The van der Waals surface area contributed by atoms with Crippen LogP contribution in [-0.4, -0.2) is 36.5 Å². The van der Waals surface area contributed by atoms with E-state index in [1.807, 2.05) is 0 Å². The van der Waals surface area contributed by atoms with Crippen molar-refractivity contribution in [2.45, 2.75) is 12.5 Å². The maximum absolute atomic E-state index is 10.1. The molecule has 4 N–H and O–H groups in total. The van der Waals surface area contributed by atoms with Gasteiger partial charge in [0, 0.05) is 6.04 Å². The highest BCUT2D eigenvalue weighted by Gasteiger charge is 2.07. The monoisotopic (exact) mass is 169 g/mol. The van der Waals surface area contributed by atoms with E-state index >= 15 is 0 Å². The largest absolute Gasteiger partial charge is 0.395 e. The van der Waals surface area contributed by atoms with Crippen molar-refractivity contribution < 1.29 is 18.1 Å². The lowest BCUT2D eigenvalue weighted by molar-refractivity contribution is 0.263. The summed E-state index contributed by atoms with van der Waals surface area (Å²) in [6.45, 7) is -0.268. The van der Waals surface area contributed by atoms with Crippen molar-refractivity contribution in [3.63, 3.8) is 0 Å². The third-order valence-electron chi connectivity index (χ3n) is 0.981. The van der Waals surface area contributed by atoms with Crippen molar-refractivity contribution in [3.05, 3.63) is 0 Å². The average Bonchev–Trinajstić information content (AvgIpc) is 1.81. The highest BCUT2D eigenvalue weighted by molar-refractivity contribution is 7.85. The summed E-state index contributed by atoms with van der Waals surface area (Å²) in [4.78, 5) is 0. The van der Waals surface area contributed by atoms with Crippen LogP contribution >= 0.6 is 0 Å². The first-order chi connectivity index (χ1) is 4.45. The minimum Gasteiger partial charge on any atom is -0.395 e. The fourth-order valence-electron chi connectivity index (χ4n) is 0.392. The summed E-state index contributed by atoms with van der Waals surface area (Å²) in [5, 5.41) is 8.33. The van der Waals surface area contributed by atoms with Crippen LogP contribution in [0.25, 0.3) is 0 Å². The van der Waals surface area contributed by atoms with Crippen molar-refractivity contribution in [2.75, 3.05) is 12.4 Å². The van der Waals surface area contributed by atoms with Crippen molar-refractivity contribution in [2.24, 2.45) is 5.73 Å². The lowest BCUT2D eigenvalue weighted by atomic mass is 10.3. The first-order valence-corrected chi connectivity index (χ1v) is 4.38. The van der Waals surface area contributed by atoms with Gasteiger partial charge < -0.3 is 10.8 Å². The molecule has 10 heavy (non-hydrogen) atoms. The van der Waals surface area contributed by atoms with Gasteiger partial charge in [0.2, 0.25) is 0 Å². The summed E-state index contributed by atoms with van der Waals surface area (Å²) in [6, 6.07) is -0.568. The van der Waals surface area contributed by atoms with E-state index < -0.39 is 21.9 Å². The fourth-order valence-corrected chi connectivity index (χ4v) is 0.992. The van der Waals surface area contributed by atoms with E-state index in [0.717, 1.165) is 0 Å². The molecular formula is C4H11NO4S. The van der Waals surface area contributed by atoms with Gasteiger partial charge in [-0.25, -0.2) is 0 Å². The lowest BCUT2D eigenvalue weighted by Gasteiger charge is -2.04. The zero-order valence-electron chi connectivity index (χ0n) is 5.40. The maximum Gasteiger partial charge on any atom is 0.264 e. The fraction of sp³-hybridized carbons (Fsp3) is 1.00. The molecule has 5 nitrogen and oxygen atoms in total. The Morgan fingerprint density at radius 3 is 2.30 bits per heavy atom. The maximum atomic E-state index is 10.1. The Labute approximate surface area is 59.6 Å². The second-order valence-corrected chi connectivity index (χ2v) is 3.59. The van der Waals surface area contributed by atoms with Gasteiger partial charge in [-0.2, -0.15) is 8.42 Å². The summed E-state index contributed by atoms with van der Waals surface area (Å²) in [5.74, 6) is -0.394. The first kappa shape index (κ1) is 9.83. The van der Waals surface area contributed by atoms with Crippen LogP contribution in [0, 0.1) is 0 Å². The molecule has 0 aliphatic rings. The Kier molecular flexibility index (Phi) is 3.80. The van der Waals surface area contributed by atoms with Crippen LogP contribution < -0.4 is 5.73 Å². The van der Waals surface area contributed by atoms with Gasteiger partial charge in [-0.3, -0.25) is 4.55 Å². The Morgan fingerprint density at radius 1 is 1.50 bits per heavy atom. The number of hydrogen-bond acceptors (Lipinski definition) is 4. The molecule has 0 aliphatic carbocycles. The normalized spacial score (nSPS) is 15.1. The van der Waals surface area contributed by atoms with Crippen LogP contribution in [0.1, 0.15) is 6.42 Å². The van der Waals surface area contributed by atoms with Crippen molar-refractivity contribution in [1.29, 1.82) is 0 Å². The molecule has 62 valence electrons. The van der Waals surface area contributed by atoms with Crippen LogP contribution in [0.5, 0.6) is 0 Å². The van der Waals surface area contributed by atoms with E-state index in [9.17, 15) is 8.42 Å². The van der Waals surface area contributed by atoms with Gasteiger partial charge in [-0.05, 0) is 6.42 Å². The molecule has 0 amide bonds. The van der Waals surface area contributed by atoms with Crippen LogP contribution in [0.4, 0.5) is 0 Å². The molecule has 0 aromatic rings. The summed E-state index contributed by atoms with van der Waals surface area (Å²) in [6.07, 6.45) is 0.0787. The lowest BCUT2D eigenvalue weighted by Crippen LogP contribution is -2.27. The highest BCUT2D eigenvalue weighted by atomic mass is 32.2. The number of aliphatic hydroxyl groups excluding tert-OH is 1. The quantitative estimate of drug-likeness (QED) is 0.448. The van der Waals surface area contributed by atoms with Gasteiger partial charge in [0.15, 0.2) is 0 Å². The molecule has 0 aromatic heterocycles. The van der Waals surface area contributed by atoms with E-state index in [0.29, 0.717) is 0 Å². The molecule has 0 aliphatic heterocycles. The molecule has 0 heterocycles. The Balaban J connectivity index is 3.56. The van der Waals surface area contributed by atoms with Gasteiger partial charge in [-0.1, -0.05) is 0 Å². The number of aliphatic hydroxyl groups is 1. The Hall–Kier alpha value is -0.170. The van der Waals surface area contributed by atoms with Crippen LogP contribution in [0.15, 0.2) is 0 Å². The minimum absolute atomic E-state index is 0.0787.